The fraction of sp³-hybridized carbons (Fsp3) is 0.412. The zero-order valence-electron chi connectivity index (χ0n) is 14.7. The quantitative estimate of drug-likeness (QED) is 0.536. The van der Waals surface area contributed by atoms with E-state index in [0.29, 0.717) is 0 Å². The summed E-state index contributed by atoms with van der Waals surface area (Å²) in [7, 11) is 0. The summed E-state index contributed by atoms with van der Waals surface area (Å²) in [6.45, 7) is 3.13. The second-order valence-corrected chi connectivity index (χ2v) is 5.40. The highest BCUT2D eigenvalue weighted by Crippen LogP contribution is 2.02. The van der Waals surface area contributed by atoms with Crippen LogP contribution in [-0.4, -0.2) is 42.6 Å². The van der Waals surface area contributed by atoms with Gasteiger partial charge in [-0.25, -0.2) is 4.79 Å². The highest BCUT2D eigenvalue weighted by Gasteiger charge is 2.27. The summed E-state index contributed by atoms with van der Waals surface area (Å²) < 4.78 is 9.81. The van der Waals surface area contributed by atoms with Gasteiger partial charge in [-0.15, -0.1) is 0 Å². The van der Waals surface area contributed by atoms with E-state index in [1.807, 2.05) is 6.07 Å². The van der Waals surface area contributed by atoms with Crippen molar-refractivity contribution in [3.8, 4) is 0 Å². The molecule has 0 saturated carbocycles. The molecule has 1 rings (SSSR count). The van der Waals surface area contributed by atoms with E-state index < -0.39 is 42.4 Å². The van der Waals surface area contributed by atoms with Crippen LogP contribution in [0, 0.1) is 0 Å². The van der Waals surface area contributed by atoms with Gasteiger partial charge in [0.2, 0.25) is 11.8 Å². The predicted molar refractivity (Wildman–Crippen MR) is 91.6 cm³/mol. The second kappa shape index (κ2) is 10.7. The van der Waals surface area contributed by atoms with E-state index in [4.69, 9.17) is 15.2 Å². The maximum atomic E-state index is 12.2. The molecule has 0 radical (unpaired) electrons. The summed E-state index contributed by atoms with van der Waals surface area (Å²) in [5.74, 6) is -2.18. The van der Waals surface area contributed by atoms with Crippen LogP contribution in [0.15, 0.2) is 30.3 Å². The normalized spacial score (nSPS) is 12.4. The Balaban J connectivity index is 2.67. The van der Waals surface area contributed by atoms with E-state index in [2.05, 4.69) is 10.6 Å². The molecule has 0 spiro atoms. The Kier molecular flexibility index (Phi) is 8.62. The molecule has 0 aliphatic carbocycles. The summed E-state index contributed by atoms with van der Waals surface area (Å²) in [4.78, 5) is 46.9. The predicted octanol–water partition coefficient (Wildman–Crippen LogP) is 0.225. The summed E-state index contributed by atoms with van der Waals surface area (Å²) in [5, 5.41) is 4.61. The molecule has 3 amide bonds. The third kappa shape index (κ3) is 7.65. The molecule has 142 valence electrons. The number of rotatable bonds is 9. The van der Waals surface area contributed by atoms with Crippen molar-refractivity contribution >= 4 is 23.9 Å². The minimum atomic E-state index is -1.26. The lowest BCUT2D eigenvalue weighted by atomic mass is 10.1. The topological polar surface area (TPSA) is 137 Å². The van der Waals surface area contributed by atoms with Crippen molar-refractivity contribution in [3.63, 3.8) is 0 Å². The Labute approximate surface area is 151 Å². The molecule has 26 heavy (non-hydrogen) atoms. The standard InChI is InChI=1S/C17H23N3O6/c1-3-25-14(21)9-13(16(23)19-11(2)15(18)22)20-17(24)26-10-12-7-5-4-6-8-12/h4-8,11,13H,3,9-10H2,1-2H3,(H2,18,22)(H,19,23)(H,20,24)/t11-,13+/m1/s1. The molecule has 0 aliphatic rings. The number of carbonyl (C=O) groups excluding carboxylic acids is 4. The highest BCUT2D eigenvalue weighted by molar-refractivity contribution is 5.92. The van der Waals surface area contributed by atoms with Crippen molar-refractivity contribution in [2.45, 2.75) is 39.0 Å². The Hall–Kier alpha value is -3.10. The Morgan fingerprint density at radius 3 is 2.31 bits per heavy atom. The molecule has 4 N–H and O–H groups in total. The van der Waals surface area contributed by atoms with Crippen molar-refractivity contribution < 1.29 is 28.7 Å². The van der Waals surface area contributed by atoms with Gasteiger partial charge in [0, 0.05) is 0 Å². The van der Waals surface area contributed by atoms with Crippen molar-refractivity contribution in [2.75, 3.05) is 6.61 Å². The number of hydrogen-bond acceptors (Lipinski definition) is 6. The molecule has 2 atom stereocenters. The summed E-state index contributed by atoms with van der Waals surface area (Å²) in [6, 6.07) is 6.71. The molecule has 0 aliphatic heterocycles. The van der Waals surface area contributed by atoms with Gasteiger partial charge < -0.3 is 25.8 Å². The number of alkyl carbamates (subject to hydrolysis) is 1. The lowest BCUT2D eigenvalue weighted by molar-refractivity contribution is -0.145. The molecule has 1 aromatic rings. The van der Waals surface area contributed by atoms with Crippen LogP contribution in [0.5, 0.6) is 0 Å². The van der Waals surface area contributed by atoms with E-state index in [0.717, 1.165) is 5.56 Å². The van der Waals surface area contributed by atoms with Gasteiger partial charge in [-0.2, -0.15) is 0 Å². The molecule has 0 aromatic heterocycles. The monoisotopic (exact) mass is 365 g/mol. The number of amides is 3. The maximum absolute atomic E-state index is 12.2. The van der Waals surface area contributed by atoms with Gasteiger partial charge in [-0.1, -0.05) is 30.3 Å². The molecule has 0 saturated heterocycles. The van der Waals surface area contributed by atoms with Crippen LogP contribution in [-0.2, 0) is 30.5 Å². The zero-order valence-corrected chi connectivity index (χ0v) is 14.7. The first-order valence-corrected chi connectivity index (χ1v) is 8.06. The van der Waals surface area contributed by atoms with Crippen LogP contribution in [0.25, 0.3) is 0 Å². The van der Waals surface area contributed by atoms with Gasteiger partial charge in [0.05, 0.1) is 13.0 Å². The van der Waals surface area contributed by atoms with Gasteiger partial charge in [-0.05, 0) is 19.4 Å². The van der Waals surface area contributed by atoms with Crippen LogP contribution in [0.4, 0.5) is 4.79 Å². The third-order valence-corrected chi connectivity index (χ3v) is 3.28. The van der Waals surface area contributed by atoms with Crippen molar-refractivity contribution in [1.29, 1.82) is 0 Å². The lowest BCUT2D eigenvalue weighted by Gasteiger charge is -2.19. The maximum Gasteiger partial charge on any atom is 0.408 e. The minimum absolute atomic E-state index is 0.00188. The Morgan fingerprint density at radius 1 is 1.08 bits per heavy atom. The summed E-state index contributed by atoms with van der Waals surface area (Å²) >= 11 is 0. The second-order valence-electron chi connectivity index (χ2n) is 5.40. The number of nitrogens with one attached hydrogen (secondary N) is 2. The average molecular weight is 365 g/mol. The van der Waals surface area contributed by atoms with Gasteiger partial charge in [0.25, 0.3) is 0 Å². The van der Waals surface area contributed by atoms with Crippen LogP contribution < -0.4 is 16.4 Å². The number of nitrogens with two attached hydrogens (primary N) is 1. The fourth-order valence-electron chi connectivity index (χ4n) is 1.89. The molecule has 9 heteroatoms. The van der Waals surface area contributed by atoms with Crippen molar-refractivity contribution in [2.24, 2.45) is 5.73 Å². The first kappa shape index (κ1) is 20.9. The van der Waals surface area contributed by atoms with Crippen LogP contribution in [0.3, 0.4) is 0 Å². The van der Waals surface area contributed by atoms with Gasteiger partial charge in [-0.3, -0.25) is 14.4 Å². The molecule has 0 bridgehead atoms. The largest absolute Gasteiger partial charge is 0.466 e. The molecule has 9 nitrogen and oxygen atoms in total. The van der Waals surface area contributed by atoms with E-state index >= 15 is 0 Å². The van der Waals surface area contributed by atoms with Crippen molar-refractivity contribution in [3.05, 3.63) is 35.9 Å². The smallest absolute Gasteiger partial charge is 0.408 e. The summed E-state index contributed by atoms with van der Waals surface area (Å²) in [6.07, 6.45) is -1.30. The SMILES string of the molecule is CCOC(=O)C[C@H](NC(=O)OCc1ccccc1)C(=O)N[C@H](C)C(N)=O. The van der Waals surface area contributed by atoms with E-state index in [1.54, 1.807) is 31.2 Å². The molecule has 0 heterocycles. The number of carbonyl (C=O) groups is 4. The highest BCUT2D eigenvalue weighted by atomic mass is 16.5. The van der Waals surface area contributed by atoms with E-state index in [1.165, 1.54) is 6.92 Å². The number of esters is 1. The first-order chi connectivity index (χ1) is 12.3. The Morgan fingerprint density at radius 2 is 1.73 bits per heavy atom. The van der Waals surface area contributed by atoms with Crippen LogP contribution >= 0.6 is 0 Å². The Bertz CT molecular complexity index is 635. The fourth-order valence-corrected chi connectivity index (χ4v) is 1.89. The number of ether oxygens (including phenoxy) is 2. The van der Waals surface area contributed by atoms with Crippen molar-refractivity contribution in [1.82, 2.24) is 10.6 Å². The third-order valence-electron chi connectivity index (χ3n) is 3.28. The van der Waals surface area contributed by atoms with Gasteiger partial charge in [0.15, 0.2) is 0 Å². The summed E-state index contributed by atoms with van der Waals surface area (Å²) in [5.41, 5.74) is 5.85. The number of benzene rings is 1. The van der Waals surface area contributed by atoms with Gasteiger partial charge in [0.1, 0.15) is 18.7 Å². The zero-order chi connectivity index (χ0) is 19.5. The number of hydrogen-bond donors (Lipinski definition) is 3. The first-order valence-electron chi connectivity index (χ1n) is 8.06. The molecular weight excluding hydrogens is 342 g/mol. The molecular formula is C17H23N3O6. The average Bonchev–Trinajstić information content (AvgIpc) is 2.60. The lowest BCUT2D eigenvalue weighted by Crippen LogP contribution is -2.52. The van der Waals surface area contributed by atoms with E-state index in [9.17, 15) is 19.2 Å². The van der Waals surface area contributed by atoms with Crippen LogP contribution in [0.2, 0.25) is 0 Å². The molecule has 0 fully saturated rings. The van der Waals surface area contributed by atoms with E-state index in [-0.39, 0.29) is 13.2 Å². The van der Waals surface area contributed by atoms with Crippen LogP contribution in [0.1, 0.15) is 25.8 Å². The molecule has 0 unspecified atom stereocenters. The number of primary amides is 1. The van der Waals surface area contributed by atoms with Gasteiger partial charge >= 0.3 is 12.1 Å². The minimum Gasteiger partial charge on any atom is -0.466 e. The molecule has 1 aromatic carbocycles.